The van der Waals surface area contributed by atoms with E-state index in [9.17, 15) is 10.1 Å². The van der Waals surface area contributed by atoms with E-state index in [4.69, 9.17) is 4.98 Å². The molecule has 8 bridgehead atoms. The molecular weight excluding hydrogens is 619 g/mol. The molecule has 0 saturated carbocycles. The van der Waals surface area contributed by atoms with E-state index in [1.807, 2.05) is 12.1 Å². The van der Waals surface area contributed by atoms with Crippen LogP contribution in [0.3, 0.4) is 0 Å². The molecule has 7 heteroatoms. The van der Waals surface area contributed by atoms with Crippen LogP contribution in [-0.4, -0.2) is 24.9 Å². The molecule has 0 spiro atoms. The number of hydrogen-bond acceptors (Lipinski definition) is 3. The van der Waals surface area contributed by atoms with Crippen LogP contribution in [0.25, 0.3) is 78.6 Å². The SMILES string of the molecule is Cc1cc(C)c(-c2c3nc(c4ccc([nH]4)c(-c4c(C)cc(C)cc4C)c4ccc([nH]4)c(-c4ccc([N+](=O)[O-])cc4)c4ccc2[nH]4)C=C3)c(C)c1. The van der Waals surface area contributed by atoms with Crippen molar-refractivity contribution in [2.75, 3.05) is 0 Å². The second kappa shape index (κ2) is 11.7. The molecule has 5 heterocycles. The second-order valence-corrected chi connectivity index (χ2v) is 13.5. The zero-order valence-corrected chi connectivity index (χ0v) is 28.9. The Morgan fingerprint density at radius 3 is 1.38 bits per heavy atom. The number of nitro benzene ring substituents is 1. The number of nitrogens with one attached hydrogen (secondary N) is 3. The molecule has 3 N–H and O–H groups in total. The molecule has 4 aromatic heterocycles. The number of aromatic nitrogens is 4. The lowest BCUT2D eigenvalue weighted by atomic mass is 9.92. The second-order valence-electron chi connectivity index (χ2n) is 13.5. The summed E-state index contributed by atoms with van der Waals surface area (Å²) >= 11 is 0. The molecular formula is C43H37N5O2. The monoisotopic (exact) mass is 655 g/mol. The summed E-state index contributed by atoms with van der Waals surface area (Å²) in [5.41, 5.74) is 20.7. The normalized spacial score (nSPS) is 11.9. The summed E-state index contributed by atoms with van der Waals surface area (Å²) < 4.78 is 0. The third kappa shape index (κ3) is 5.19. The molecule has 246 valence electrons. The van der Waals surface area contributed by atoms with E-state index >= 15 is 0 Å². The van der Waals surface area contributed by atoms with Crippen molar-refractivity contribution in [3.63, 3.8) is 0 Å². The van der Waals surface area contributed by atoms with Gasteiger partial charge < -0.3 is 15.0 Å². The number of H-pyrrole nitrogens is 3. The Morgan fingerprint density at radius 1 is 0.480 bits per heavy atom. The Labute approximate surface area is 289 Å². The van der Waals surface area contributed by atoms with Crippen LogP contribution in [0.2, 0.25) is 0 Å². The highest BCUT2D eigenvalue weighted by atomic mass is 16.6. The van der Waals surface area contributed by atoms with Gasteiger partial charge in [-0.15, -0.1) is 0 Å². The number of aryl methyl sites for hydroxylation is 6. The van der Waals surface area contributed by atoms with Gasteiger partial charge in [0.1, 0.15) is 0 Å². The highest BCUT2D eigenvalue weighted by Gasteiger charge is 2.19. The van der Waals surface area contributed by atoms with Crippen molar-refractivity contribution in [2.45, 2.75) is 41.5 Å². The molecule has 0 amide bonds. The van der Waals surface area contributed by atoms with Crippen molar-refractivity contribution in [3.05, 3.63) is 140 Å². The first-order valence-electron chi connectivity index (χ1n) is 16.8. The van der Waals surface area contributed by atoms with Crippen molar-refractivity contribution >= 4 is 50.9 Å². The van der Waals surface area contributed by atoms with E-state index in [-0.39, 0.29) is 10.6 Å². The first-order chi connectivity index (χ1) is 24.0. The van der Waals surface area contributed by atoms with E-state index < -0.39 is 0 Å². The summed E-state index contributed by atoms with van der Waals surface area (Å²) in [7, 11) is 0. The maximum absolute atomic E-state index is 11.6. The molecule has 0 saturated heterocycles. The van der Waals surface area contributed by atoms with Crippen LogP contribution in [0, 0.1) is 51.7 Å². The van der Waals surface area contributed by atoms with Crippen molar-refractivity contribution in [1.29, 1.82) is 0 Å². The summed E-state index contributed by atoms with van der Waals surface area (Å²) in [5.74, 6) is 0. The van der Waals surface area contributed by atoms with Gasteiger partial charge in [-0.3, -0.25) is 10.1 Å². The molecule has 1 aliphatic rings. The van der Waals surface area contributed by atoms with Crippen LogP contribution in [0.4, 0.5) is 5.69 Å². The molecule has 0 fully saturated rings. The molecule has 50 heavy (non-hydrogen) atoms. The molecule has 7 aromatic rings. The Kier molecular flexibility index (Phi) is 7.30. The number of nitrogens with zero attached hydrogens (tertiary/aromatic N) is 2. The van der Waals surface area contributed by atoms with Gasteiger partial charge in [0.25, 0.3) is 5.69 Å². The molecule has 0 unspecified atom stereocenters. The first-order valence-corrected chi connectivity index (χ1v) is 16.8. The number of aromatic amines is 3. The number of rotatable bonds is 4. The van der Waals surface area contributed by atoms with Gasteiger partial charge in [0.2, 0.25) is 0 Å². The average Bonchev–Trinajstić information content (AvgIpc) is 3.89. The number of non-ortho nitro benzene ring substituents is 1. The minimum absolute atomic E-state index is 0.0494. The average molecular weight is 656 g/mol. The van der Waals surface area contributed by atoms with Crippen LogP contribution in [-0.2, 0) is 0 Å². The van der Waals surface area contributed by atoms with Crippen molar-refractivity contribution in [3.8, 4) is 33.4 Å². The number of nitro groups is 1. The lowest BCUT2D eigenvalue weighted by Gasteiger charge is -2.13. The summed E-state index contributed by atoms with van der Waals surface area (Å²) in [4.78, 5) is 27.8. The van der Waals surface area contributed by atoms with E-state index in [1.165, 1.54) is 33.4 Å². The topological polar surface area (TPSA) is 103 Å². The van der Waals surface area contributed by atoms with Gasteiger partial charge in [-0.25, -0.2) is 4.98 Å². The van der Waals surface area contributed by atoms with Crippen LogP contribution in [0.15, 0.2) is 84.9 Å². The maximum atomic E-state index is 11.6. The zero-order chi connectivity index (χ0) is 34.8. The molecule has 0 aliphatic carbocycles. The standard InChI is InChI=1S/C43H37N5O2/c1-23-19-25(3)39(26(4)20-23)42-35-13-11-31(44-35)32-12-14-36(45-32)43(40-27(5)21-24(2)22-28(40)6)38-18-16-34(47-38)41(33-15-17-37(42)46-33)29-7-9-30(10-8-29)48(49)50/h7-22,44,46-47H,1-6H3. The molecule has 8 rings (SSSR count). The fourth-order valence-electron chi connectivity index (χ4n) is 7.89. The van der Waals surface area contributed by atoms with Gasteiger partial charge in [-0.2, -0.15) is 0 Å². The summed E-state index contributed by atoms with van der Waals surface area (Å²) in [5, 5.41) is 11.6. The lowest BCUT2D eigenvalue weighted by molar-refractivity contribution is -0.384. The van der Waals surface area contributed by atoms with Gasteiger partial charge in [0.05, 0.1) is 21.8 Å². The summed E-state index contributed by atoms with van der Waals surface area (Å²) in [6.45, 7) is 12.9. The minimum Gasteiger partial charge on any atom is -0.354 e. The van der Waals surface area contributed by atoms with Crippen LogP contribution >= 0.6 is 0 Å². The number of hydrogen-bond donors (Lipinski definition) is 3. The smallest absolute Gasteiger partial charge is 0.269 e. The Hall–Kier alpha value is -6.21. The van der Waals surface area contributed by atoms with E-state index in [0.717, 1.165) is 77.9 Å². The van der Waals surface area contributed by atoms with Crippen molar-refractivity contribution < 1.29 is 4.92 Å². The predicted octanol–water partition coefficient (Wildman–Crippen LogP) is 11.5. The van der Waals surface area contributed by atoms with Crippen LogP contribution in [0.5, 0.6) is 0 Å². The summed E-state index contributed by atoms with van der Waals surface area (Å²) in [6.07, 6.45) is 4.19. The zero-order valence-electron chi connectivity index (χ0n) is 28.9. The highest BCUT2D eigenvalue weighted by molar-refractivity contribution is 6.01. The third-order valence-electron chi connectivity index (χ3n) is 9.80. The molecule has 0 radical (unpaired) electrons. The number of benzene rings is 3. The van der Waals surface area contributed by atoms with Crippen molar-refractivity contribution in [2.24, 2.45) is 0 Å². The van der Waals surface area contributed by atoms with Crippen LogP contribution < -0.4 is 0 Å². The maximum Gasteiger partial charge on any atom is 0.269 e. The molecule has 0 atom stereocenters. The lowest BCUT2D eigenvalue weighted by Crippen LogP contribution is -1.93. The van der Waals surface area contributed by atoms with Crippen LogP contribution in [0.1, 0.15) is 44.8 Å². The Morgan fingerprint density at radius 2 is 0.880 bits per heavy atom. The van der Waals surface area contributed by atoms with Crippen molar-refractivity contribution in [1.82, 2.24) is 19.9 Å². The Bertz CT molecular complexity index is 2640. The highest BCUT2D eigenvalue weighted by Crippen LogP contribution is 2.39. The number of fused-ring (bicyclic) bond motifs is 9. The van der Waals surface area contributed by atoms with E-state index in [0.29, 0.717) is 0 Å². The molecule has 3 aromatic carbocycles. The third-order valence-corrected chi connectivity index (χ3v) is 9.80. The Balaban J connectivity index is 1.57. The molecule has 1 aliphatic heterocycles. The first kappa shape index (κ1) is 31.1. The van der Waals surface area contributed by atoms with Gasteiger partial charge in [-0.05, 0) is 141 Å². The van der Waals surface area contributed by atoms with E-state index in [2.05, 4.69) is 129 Å². The fraction of sp³-hybridized carbons (Fsp3) is 0.140. The summed E-state index contributed by atoms with van der Waals surface area (Å²) in [6, 6.07) is 28.3. The minimum atomic E-state index is -0.364. The van der Waals surface area contributed by atoms with Gasteiger partial charge in [-0.1, -0.05) is 35.4 Å². The fourth-order valence-corrected chi connectivity index (χ4v) is 7.89. The quantitative estimate of drug-likeness (QED) is 0.130. The predicted molar refractivity (Wildman–Crippen MR) is 207 cm³/mol. The van der Waals surface area contributed by atoms with E-state index in [1.54, 1.807) is 12.1 Å². The van der Waals surface area contributed by atoms with Gasteiger partial charge in [0, 0.05) is 56.4 Å². The van der Waals surface area contributed by atoms with Gasteiger partial charge in [0.15, 0.2) is 0 Å². The van der Waals surface area contributed by atoms with Gasteiger partial charge >= 0.3 is 0 Å². The molecule has 7 nitrogen and oxygen atoms in total. The largest absolute Gasteiger partial charge is 0.354 e.